The first-order valence-electron chi connectivity index (χ1n) is 4.86. The Bertz CT molecular complexity index is 270. The molecule has 0 fully saturated rings. The van der Waals surface area contributed by atoms with Gasteiger partial charge in [0.1, 0.15) is 11.4 Å². The van der Waals surface area contributed by atoms with Gasteiger partial charge in [0.15, 0.2) is 0 Å². The minimum absolute atomic E-state index is 0.211. The molecule has 86 valence electrons. The second kappa shape index (κ2) is 4.79. The molecular weight excluding hydrogens is 214 g/mol. The van der Waals surface area contributed by atoms with Gasteiger partial charge >= 0.3 is 6.09 Å². The molecule has 1 rings (SSSR count). The third-order valence-electron chi connectivity index (χ3n) is 1.70. The summed E-state index contributed by atoms with van der Waals surface area (Å²) in [5, 5.41) is 11.1. The summed E-state index contributed by atoms with van der Waals surface area (Å²) in [7, 11) is 0. The zero-order chi connectivity index (χ0) is 11.5. The third kappa shape index (κ3) is 4.46. The van der Waals surface area contributed by atoms with E-state index in [1.165, 1.54) is 16.7 Å². The number of hydrogen-bond acceptors (Lipinski definition) is 4. The van der Waals surface area contributed by atoms with Crippen molar-refractivity contribution in [2.45, 2.75) is 26.4 Å². The maximum Gasteiger partial charge on any atom is 0.410 e. The smallest absolute Gasteiger partial charge is 0.410 e. The van der Waals surface area contributed by atoms with Gasteiger partial charge in [0.2, 0.25) is 0 Å². The number of ether oxygens (including phenoxy) is 1. The first-order valence-corrected chi connectivity index (χ1v) is 5.91. The molecule has 0 aromatic heterocycles. The van der Waals surface area contributed by atoms with E-state index in [1.807, 2.05) is 20.8 Å². The predicted octanol–water partition coefficient (Wildman–Crippen LogP) is 2.37. The zero-order valence-corrected chi connectivity index (χ0v) is 10.1. The van der Waals surface area contributed by atoms with E-state index in [2.05, 4.69) is 0 Å². The number of carbonyl (C=O) groups is 1. The maximum absolute atomic E-state index is 11.7. The van der Waals surface area contributed by atoms with Gasteiger partial charge in [-0.25, -0.2) is 4.79 Å². The number of aliphatic hydroxyl groups is 1. The topological polar surface area (TPSA) is 49.8 Å². The van der Waals surface area contributed by atoms with Crippen molar-refractivity contribution >= 4 is 17.9 Å². The summed E-state index contributed by atoms with van der Waals surface area (Å²) in [4.78, 5) is 13.2. The lowest BCUT2D eigenvalue weighted by Gasteiger charge is -2.26. The first kappa shape index (κ1) is 12.2. The van der Waals surface area contributed by atoms with Crippen LogP contribution in [-0.2, 0) is 4.74 Å². The standard InChI is InChI=1S/C10H17NO3S/c1-10(2,3)14-9(13)11-4-5-15-7-8(12)6-11/h7,12H,4-6H2,1-3H3. The van der Waals surface area contributed by atoms with Crippen LogP contribution in [0.15, 0.2) is 11.2 Å². The van der Waals surface area contributed by atoms with Crippen molar-refractivity contribution in [1.82, 2.24) is 4.90 Å². The van der Waals surface area contributed by atoms with Gasteiger partial charge in [-0.1, -0.05) is 0 Å². The third-order valence-corrected chi connectivity index (χ3v) is 2.56. The van der Waals surface area contributed by atoms with Crippen molar-refractivity contribution in [2.24, 2.45) is 0 Å². The van der Waals surface area contributed by atoms with E-state index in [4.69, 9.17) is 4.74 Å². The number of thioether (sulfide) groups is 1. The van der Waals surface area contributed by atoms with Gasteiger partial charge in [0, 0.05) is 17.7 Å². The number of nitrogens with zero attached hydrogens (tertiary/aromatic N) is 1. The molecule has 0 aromatic rings. The minimum Gasteiger partial charge on any atom is -0.510 e. The van der Waals surface area contributed by atoms with Gasteiger partial charge in [-0.2, -0.15) is 0 Å². The maximum atomic E-state index is 11.7. The SMILES string of the molecule is CC(C)(C)OC(=O)N1CCSC=C(O)C1. The molecule has 0 saturated carbocycles. The fraction of sp³-hybridized carbons (Fsp3) is 0.700. The second-order valence-electron chi connectivity index (χ2n) is 4.38. The highest BCUT2D eigenvalue weighted by atomic mass is 32.2. The molecule has 4 nitrogen and oxygen atoms in total. The first-order chi connectivity index (χ1) is 6.88. The Morgan fingerprint density at radius 2 is 2.27 bits per heavy atom. The molecule has 1 aliphatic rings. The lowest BCUT2D eigenvalue weighted by atomic mass is 10.2. The number of amides is 1. The monoisotopic (exact) mass is 231 g/mol. The van der Waals surface area contributed by atoms with Crippen LogP contribution in [0.5, 0.6) is 0 Å². The van der Waals surface area contributed by atoms with E-state index in [1.54, 1.807) is 5.41 Å². The van der Waals surface area contributed by atoms with E-state index in [0.717, 1.165) is 5.75 Å². The molecule has 15 heavy (non-hydrogen) atoms. The zero-order valence-electron chi connectivity index (χ0n) is 9.32. The number of rotatable bonds is 0. The van der Waals surface area contributed by atoms with E-state index in [-0.39, 0.29) is 18.4 Å². The van der Waals surface area contributed by atoms with Crippen LogP contribution in [0, 0.1) is 0 Å². The molecule has 0 saturated heterocycles. The highest BCUT2D eigenvalue weighted by molar-refractivity contribution is 8.02. The average molecular weight is 231 g/mol. The largest absolute Gasteiger partial charge is 0.510 e. The fourth-order valence-electron chi connectivity index (χ4n) is 1.11. The molecule has 0 spiro atoms. The van der Waals surface area contributed by atoms with Crippen LogP contribution in [0.3, 0.4) is 0 Å². The molecule has 0 unspecified atom stereocenters. The summed E-state index contributed by atoms with van der Waals surface area (Å²) >= 11 is 1.50. The van der Waals surface area contributed by atoms with E-state index >= 15 is 0 Å². The van der Waals surface area contributed by atoms with E-state index in [0.29, 0.717) is 6.54 Å². The molecule has 0 aromatic carbocycles. The second-order valence-corrected chi connectivity index (χ2v) is 5.36. The van der Waals surface area contributed by atoms with Gasteiger partial charge in [0.05, 0.1) is 6.54 Å². The average Bonchev–Trinajstić information content (AvgIpc) is 2.26. The van der Waals surface area contributed by atoms with Crippen LogP contribution in [0.2, 0.25) is 0 Å². The summed E-state index contributed by atoms with van der Waals surface area (Å²) < 4.78 is 5.22. The molecule has 1 N–H and O–H groups in total. The van der Waals surface area contributed by atoms with Crippen molar-refractivity contribution in [3.63, 3.8) is 0 Å². The lowest BCUT2D eigenvalue weighted by Crippen LogP contribution is -2.38. The van der Waals surface area contributed by atoms with Crippen LogP contribution >= 0.6 is 11.8 Å². The van der Waals surface area contributed by atoms with Crippen molar-refractivity contribution in [3.05, 3.63) is 11.2 Å². The molecule has 0 radical (unpaired) electrons. The molecule has 0 atom stereocenters. The minimum atomic E-state index is -0.490. The summed E-state index contributed by atoms with van der Waals surface area (Å²) in [6, 6.07) is 0. The van der Waals surface area contributed by atoms with Crippen LogP contribution in [0.4, 0.5) is 4.79 Å². The Kier molecular flexibility index (Phi) is 3.90. The van der Waals surface area contributed by atoms with Crippen LogP contribution in [0.25, 0.3) is 0 Å². The summed E-state index contributed by atoms with van der Waals surface area (Å²) in [6.45, 7) is 6.32. The molecule has 5 heteroatoms. The Balaban J connectivity index is 2.56. The van der Waals surface area contributed by atoms with Crippen LogP contribution in [-0.4, -0.2) is 40.5 Å². The quantitative estimate of drug-likeness (QED) is 0.695. The van der Waals surface area contributed by atoms with Crippen molar-refractivity contribution < 1.29 is 14.6 Å². The number of aliphatic hydroxyl groups excluding tert-OH is 1. The molecule has 0 aliphatic carbocycles. The van der Waals surface area contributed by atoms with Gasteiger partial charge in [-0.05, 0) is 20.8 Å². The van der Waals surface area contributed by atoms with Crippen molar-refractivity contribution in [3.8, 4) is 0 Å². The van der Waals surface area contributed by atoms with Crippen LogP contribution in [0.1, 0.15) is 20.8 Å². The highest BCUT2D eigenvalue weighted by Gasteiger charge is 2.23. The molecular formula is C10H17NO3S. The molecule has 0 bridgehead atoms. The van der Waals surface area contributed by atoms with Gasteiger partial charge in [-0.15, -0.1) is 11.8 Å². The van der Waals surface area contributed by atoms with Gasteiger partial charge < -0.3 is 9.84 Å². The number of carbonyl (C=O) groups excluding carboxylic acids is 1. The lowest BCUT2D eigenvalue weighted by molar-refractivity contribution is 0.0263. The van der Waals surface area contributed by atoms with E-state index < -0.39 is 5.60 Å². The van der Waals surface area contributed by atoms with E-state index in [9.17, 15) is 9.90 Å². The van der Waals surface area contributed by atoms with Crippen molar-refractivity contribution in [1.29, 1.82) is 0 Å². The Labute approximate surface area is 94.3 Å². The highest BCUT2D eigenvalue weighted by Crippen LogP contribution is 2.16. The Hall–Kier alpha value is -0.840. The molecule has 1 amide bonds. The summed E-state index contributed by atoms with van der Waals surface area (Å²) in [5.41, 5.74) is -0.490. The summed E-state index contributed by atoms with van der Waals surface area (Å²) in [5.74, 6) is 0.992. The predicted molar refractivity (Wildman–Crippen MR) is 61.0 cm³/mol. The van der Waals surface area contributed by atoms with Gasteiger partial charge in [-0.3, -0.25) is 4.90 Å². The molecule has 1 heterocycles. The Morgan fingerprint density at radius 3 is 2.87 bits per heavy atom. The number of hydrogen-bond donors (Lipinski definition) is 1. The van der Waals surface area contributed by atoms with Crippen molar-refractivity contribution in [2.75, 3.05) is 18.8 Å². The normalized spacial score (nSPS) is 18.1. The fourth-order valence-corrected chi connectivity index (χ4v) is 1.82. The van der Waals surface area contributed by atoms with Crippen LogP contribution < -0.4 is 0 Å². The molecule has 1 aliphatic heterocycles. The summed E-state index contributed by atoms with van der Waals surface area (Å²) in [6.07, 6.45) is -0.370. The van der Waals surface area contributed by atoms with Gasteiger partial charge in [0.25, 0.3) is 0 Å². The Morgan fingerprint density at radius 1 is 1.60 bits per heavy atom.